The highest BCUT2D eigenvalue weighted by Gasteiger charge is 2.13. The molecular formula is C10H7ClN4O2. The minimum Gasteiger partial charge on any atom is -0.305 e. The molecule has 86 valence electrons. The minimum atomic E-state index is -0.454. The molecule has 0 amide bonds. The lowest BCUT2D eigenvalue weighted by Gasteiger charge is -2.07. The van der Waals surface area contributed by atoms with Gasteiger partial charge in [-0.05, 0) is 12.1 Å². The van der Waals surface area contributed by atoms with E-state index in [0.717, 1.165) is 0 Å². The standard InChI is InChI=1S/C10H7ClN4O2/c1-14-7-5(11)3-2-4-6(7)15-8(9(14)16)12-13-10(15)17/h2-4H,1H3,(H,13,17). The zero-order chi connectivity index (χ0) is 12.2. The number of aromatic amines is 1. The normalized spacial score (nSPS) is 11.4. The Morgan fingerprint density at radius 3 is 2.88 bits per heavy atom. The number of para-hydroxylation sites is 1. The quantitative estimate of drug-likeness (QED) is 0.633. The summed E-state index contributed by atoms with van der Waals surface area (Å²) in [5, 5.41) is 6.38. The average molecular weight is 251 g/mol. The molecule has 0 bridgehead atoms. The van der Waals surface area contributed by atoms with Gasteiger partial charge in [0.2, 0.25) is 5.65 Å². The Hall–Kier alpha value is -2.08. The Bertz CT molecular complexity index is 858. The number of fused-ring (bicyclic) bond motifs is 3. The van der Waals surface area contributed by atoms with Crippen LogP contribution in [0.4, 0.5) is 0 Å². The van der Waals surface area contributed by atoms with Gasteiger partial charge in [-0.2, -0.15) is 0 Å². The third kappa shape index (κ3) is 1.18. The second kappa shape index (κ2) is 3.21. The topological polar surface area (TPSA) is 72.2 Å². The molecule has 0 aliphatic carbocycles. The molecule has 0 aliphatic rings. The minimum absolute atomic E-state index is 0.0623. The maximum Gasteiger partial charge on any atom is 0.348 e. The van der Waals surface area contributed by atoms with E-state index in [-0.39, 0.29) is 11.2 Å². The van der Waals surface area contributed by atoms with Gasteiger partial charge in [0.25, 0.3) is 5.56 Å². The summed E-state index contributed by atoms with van der Waals surface area (Å²) in [6, 6.07) is 5.10. The number of halogens is 1. The lowest BCUT2D eigenvalue weighted by atomic mass is 10.3. The van der Waals surface area contributed by atoms with Gasteiger partial charge >= 0.3 is 5.69 Å². The molecule has 0 unspecified atom stereocenters. The van der Waals surface area contributed by atoms with Gasteiger partial charge in [0.15, 0.2) is 0 Å². The fourth-order valence-corrected chi connectivity index (χ4v) is 2.23. The van der Waals surface area contributed by atoms with Gasteiger partial charge in [-0.25, -0.2) is 14.3 Å². The van der Waals surface area contributed by atoms with E-state index < -0.39 is 5.69 Å². The van der Waals surface area contributed by atoms with Crippen molar-refractivity contribution >= 4 is 28.3 Å². The molecule has 1 N–H and O–H groups in total. The third-order valence-corrected chi connectivity index (χ3v) is 3.02. The summed E-state index contributed by atoms with van der Waals surface area (Å²) in [4.78, 5) is 23.6. The molecule has 0 radical (unpaired) electrons. The highest BCUT2D eigenvalue weighted by molar-refractivity contribution is 6.34. The average Bonchev–Trinajstić information content (AvgIpc) is 2.68. The molecule has 0 fully saturated rings. The van der Waals surface area contributed by atoms with Crippen LogP contribution < -0.4 is 11.2 Å². The summed E-state index contributed by atoms with van der Waals surface area (Å²) >= 11 is 6.05. The van der Waals surface area contributed by atoms with Crippen molar-refractivity contribution in [3.8, 4) is 0 Å². The highest BCUT2D eigenvalue weighted by atomic mass is 35.5. The van der Waals surface area contributed by atoms with Crippen LogP contribution in [0, 0.1) is 0 Å². The molecule has 7 heteroatoms. The van der Waals surface area contributed by atoms with Gasteiger partial charge in [0, 0.05) is 7.05 Å². The number of hydrogen-bond donors (Lipinski definition) is 1. The van der Waals surface area contributed by atoms with Crippen molar-refractivity contribution in [3.05, 3.63) is 44.1 Å². The van der Waals surface area contributed by atoms with Crippen molar-refractivity contribution in [1.82, 2.24) is 19.2 Å². The number of benzene rings is 1. The van der Waals surface area contributed by atoms with E-state index in [1.165, 1.54) is 8.97 Å². The largest absolute Gasteiger partial charge is 0.348 e. The highest BCUT2D eigenvalue weighted by Crippen LogP contribution is 2.20. The lowest BCUT2D eigenvalue weighted by molar-refractivity contribution is 0.892. The van der Waals surface area contributed by atoms with E-state index in [4.69, 9.17) is 11.6 Å². The summed E-state index contributed by atoms with van der Waals surface area (Å²) in [6.45, 7) is 0. The molecule has 3 rings (SSSR count). The van der Waals surface area contributed by atoms with E-state index in [1.807, 2.05) is 0 Å². The maximum atomic E-state index is 12.0. The molecule has 0 saturated heterocycles. The predicted octanol–water partition coefficient (Wildman–Crippen LogP) is 0.528. The molecule has 0 spiro atoms. The maximum absolute atomic E-state index is 12.0. The van der Waals surface area contributed by atoms with Crippen LogP contribution in [0.15, 0.2) is 27.8 Å². The van der Waals surface area contributed by atoms with E-state index in [1.54, 1.807) is 25.2 Å². The smallest absolute Gasteiger partial charge is 0.305 e. The first-order valence-electron chi connectivity index (χ1n) is 4.85. The Morgan fingerprint density at radius 2 is 2.12 bits per heavy atom. The second-order valence-electron chi connectivity index (χ2n) is 3.66. The molecule has 0 aliphatic heterocycles. The molecular weight excluding hydrogens is 244 g/mol. The van der Waals surface area contributed by atoms with E-state index in [0.29, 0.717) is 16.1 Å². The van der Waals surface area contributed by atoms with Crippen LogP contribution in [0.5, 0.6) is 0 Å². The van der Waals surface area contributed by atoms with Gasteiger partial charge in [0.1, 0.15) is 0 Å². The molecule has 0 atom stereocenters. The fraction of sp³-hybridized carbons (Fsp3) is 0.100. The predicted molar refractivity (Wildman–Crippen MR) is 63.6 cm³/mol. The summed E-state index contributed by atoms with van der Waals surface area (Å²) in [6.07, 6.45) is 0. The van der Waals surface area contributed by atoms with Gasteiger partial charge in [-0.3, -0.25) is 4.79 Å². The van der Waals surface area contributed by atoms with Crippen LogP contribution in [0.2, 0.25) is 5.02 Å². The third-order valence-electron chi connectivity index (χ3n) is 2.71. The molecule has 3 aromatic rings. The van der Waals surface area contributed by atoms with Crippen LogP contribution in [-0.2, 0) is 7.05 Å². The summed E-state index contributed by atoms with van der Waals surface area (Å²) in [5.41, 5.74) is 0.296. The number of nitrogens with one attached hydrogen (secondary N) is 1. The first-order valence-corrected chi connectivity index (χ1v) is 5.23. The van der Waals surface area contributed by atoms with E-state index in [9.17, 15) is 9.59 Å². The molecule has 0 saturated carbocycles. The van der Waals surface area contributed by atoms with Crippen molar-refractivity contribution in [1.29, 1.82) is 0 Å². The van der Waals surface area contributed by atoms with Crippen molar-refractivity contribution in [2.75, 3.05) is 0 Å². The van der Waals surface area contributed by atoms with Crippen LogP contribution >= 0.6 is 11.6 Å². The van der Waals surface area contributed by atoms with Gasteiger partial charge < -0.3 is 4.57 Å². The van der Waals surface area contributed by atoms with Crippen LogP contribution in [0.1, 0.15) is 0 Å². The SMILES string of the molecule is Cn1c(=O)c2n[nH]c(=O)n2c2cccc(Cl)c21. The number of rotatable bonds is 0. The Labute approximate surface area is 99.1 Å². The number of hydrogen-bond acceptors (Lipinski definition) is 3. The molecule has 6 nitrogen and oxygen atoms in total. The first-order chi connectivity index (χ1) is 8.11. The monoisotopic (exact) mass is 250 g/mol. The fourth-order valence-electron chi connectivity index (χ4n) is 1.93. The van der Waals surface area contributed by atoms with Crippen molar-refractivity contribution in [3.63, 3.8) is 0 Å². The zero-order valence-corrected chi connectivity index (χ0v) is 9.52. The number of aromatic nitrogens is 4. The van der Waals surface area contributed by atoms with Gasteiger partial charge in [0.05, 0.1) is 16.1 Å². The summed E-state index contributed by atoms with van der Waals surface area (Å²) < 4.78 is 2.61. The van der Waals surface area contributed by atoms with Crippen LogP contribution in [-0.4, -0.2) is 19.2 Å². The van der Waals surface area contributed by atoms with Crippen molar-refractivity contribution in [2.24, 2.45) is 7.05 Å². The van der Waals surface area contributed by atoms with Crippen molar-refractivity contribution < 1.29 is 0 Å². The Kier molecular flexibility index (Phi) is 1.90. The Morgan fingerprint density at radius 1 is 1.35 bits per heavy atom. The van der Waals surface area contributed by atoms with Crippen molar-refractivity contribution in [2.45, 2.75) is 0 Å². The van der Waals surface area contributed by atoms with E-state index >= 15 is 0 Å². The summed E-state index contributed by atoms with van der Waals surface area (Å²) in [7, 11) is 1.59. The molecule has 2 heterocycles. The number of H-pyrrole nitrogens is 1. The second-order valence-corrected chi connectivity index (χ2v) is 4.07. The molecule has 2 aromatic heterocycles. The first kappa shape index (κ1) is 10.1. The van der Waals surface area contributed by atoms with E-state index in [2.05, 4.69) is 10.2 Å². The zero-order valence-electron chi connectivity index (χ0n) is 8.77. The summed E-state index contributed by atoms with van der Waals surface area (Å²) in [5.74, 6) is 0. The molecule has 1 aromatic carbocycles. The van der Waals surface area contributed by atoms with Crippen LogP contribution in [0.25, 0.3) is 16.7 Å². The number of aryl methyl sites for hydroxylation is 1. The van der Waals surface area contributed by atoms with Gasteiger partial charge in [-0.1, -0.05) is 17.7 Å². The molecule has 17 heavy (non-hydrogen) atoms. The van der Waals surface area contributed by atoms with Crippen LogP contribution in [0.3, 0.4) is 0 Å². The number of nitrogens with zero attached hydrogens (tertiary/aromatic N) is 3. The Balaban J connectivity index is 2.84. The van der Waals surface area contributed by atoms with Gasteiger partial charge in [-0.15, -0.1) is 5.10 Å². The lowest BCUT2D eigenvalue weighted by Crippen LogP contribution is -2.23.